The van der Waals surface area contributed by atoms with Crippen LogP contribution in [0.15, 0.2) is 24.3 Å². The number of nitrogens with zero attached hydrogens (tertiary/aromatic N) is 2. The van der Waals surface area contributed by atoms with E-state index in [9.17, 15) is 9.59 Å². The smallest absolute Gasteiger partial charge is 0.226 e. The summed E-state index contributed by atoms with van der Waals surface area (Å²) in [6.45, 7) is 2.62. The molecule has 1 aliphatic rings. The third-order valence-electron chi connectivity index (χ3n) is 4.27. The Bertz CT molecular complexity index is 547. The molecule has 0 N–H and O–H groups in total. The van der Waals surface area contributed by atoms with Gasteiger partial charge in [0.05, 0.1) is 6.04 Å². The van der Waals surface area contributed by atoms with Crippen LogP contribution in [0.5, 0.6) is 0 Å². The van der Waals surface area contributed by atoms with Gasteiger partial charge in [-0.15, -0.1) is 0 Å². The van der Waals surface area contributed by atoms with Gasteiger partial charge >= 0.3 is 0 Å². The van der Waals surface area contributed by atoms with Crippen molar-refractivity contribution in [1.29, 1.82) is 0 Å². The summed E-state index contributed by atoms with van der Waals surface area (Å²) in [4.78, 5) is 27.7. The van der Waals surface area contributed by atoms with Gasteiger partial charge in [0.15, 0.2) is 0 Å². The molecule has 1 aromatic carbocycles. The maximum Gasteiger partial charge on any atom is 0.226 e. The van der Waals surface area contributed by atoms with Gasteiger partial charge in [-0.1, -0.05) is 23.7 Å². The van der Waals surface area contributed by atoms with Gasteiger partial charge in [0.25, 0.3) is 0 Å². The Kier molecular flexibility index (Phi) is 4.88. The highest BCUT2D eigenvalue weighted by atomic mass is 35.5. The number of carbonyl (C=O) groups excluding carboxylic acids is 2. The molecule has 1 saturated heterocycles. The van der Waals surface area contributed by atoms with Crippen LogP contribution in [0.4, 0.5) is 0 Å². The van der Waals surface area contributed by atoms with Crippen LogP contribution in [0.3, 0.4) is 0 Å². The van der Waals surface area contributed by atoms with Crippen molar-refractivity contribution in [3.8, 4) is 0 Å². The molecule has 2 unspecified atom stereocenters. The van der Waals surface area contributed by atoms with E-state index in [0.29, 0.717) is 18.0 Å². The Labute approximate surface area is 130 Å². The average molecular weight is 309 g/mol. The third-order valence-corrected chi connectivity index (χ3v) is 4.50. The second-order valence-electron chi connectivity index (χ2n) is 5.69. The van der Waals surface area contributed by atoms with Gasteiger partial charge in [0.2, 0.25) is 11.8 Å². The Morgan fingerprint density at radius 2 is 2.19 bits per heavy atom. The molecule has 1 aromatic rings. The minimum Gasteiger partial charge on any atom is -0.346 e. The molecule has 114 valence electrons. The van der Waals surface area contributed by atoms with Crippen molar-refractivity contribution < 1.29 is 9.59 Å². The van der Waals surface area contributed by atoms with Gasteiger partial charge in [-0.05, 0) is 31.0 Å². The fourth-order valence-corrected chi connectivity index (χ4v) is 2.82. The fraction of sp³-hybridized carbons (Fsp3) is 0.500. The van der Waals surface area contributed by atoms with Crippen LogP contribution in [0.25, 0.3) is 0 Å². The van der Waals surface area contributed by atoms with Gasteiger partial charge in [-0.3, -0.25) is 9.59 Å². The van der Waals surface area contributed by atoms with E-state index in [1.54, 1.807) is 23.9 Å². The summed E-state index contributed by atoms with van der Waals surface area (Å²) in [6.07, 6.45) is 1.04. The van der Waals surface area contributed by atoms with E-state index in [2.05, 4.69) is 0 Å². The summed E-state index contributed by atoms with van der Waals surface area (Å²) in [5.41, 5.74) is 0.998. The van der Waals surface area contributed by atoms with Crippen molar-refractivity contribution in [1.82, 2.24) is 9.80 Å². The molecule has 0 bridgehead atoms. The highest BCUT2D eigenvalue weighted by molar-refractivity contribution is 6.30. The van der Waals surface area contributed by atoms with Crippen LogP contribution in [0.2, 0.25) is 5.02 Å². The van der Waals surface area contributed by atoms with E-state index in [0.717, 1.165) is 12.0 Å². The first kappa shape index (κ1) is 15.8. The van der Waals surface area contributed by atoms with Crippen LogP contribution in [0.1, 0.15) is 31.4 Å². The monoisotopic (exact) mass is 308 g/mol. The van der Waals surface area contributed by atoms with E-state index in [4.69, 9.17) is 11.6 Å². The van der Waals surface area contributed by atoms with Crippen molar-refractivity contribution in [3.05, 3.63) is 34.9 Å². The van der Waals surface area contributed by atoms with Crippen molar-refractivity contribution >= 4 is 23.4 Å². The van der Waals surface area contributed by atoms with Crippen LogP contribution in [0, 0.1) is 5.92 Å². The highest BCUT2D eigenvalue weighted by Crippen LogP contribution is 2.26. The van der Waals surface area contributed by atoms with Gasteiger partial charge in [-0.25, -0.2) is 0 Å². The van der Waals surface area contributed by atoms with E-state index in [1.165, 1.54) is 0 Å². The first-order chi connectivity index (χ1) is 9.90. The quantitative estimate of drug-likeness (QED) is 0.861. The minimum absolute atomic E-state index is 0.0314. The van der Waals surface area contributed by atoms with Crippen molar-refractivity contribution in [2.75, 3.05) is 20.6 Å². The molecule has 0 radical (unpaired) electrons. The van der Waals surface area contributed by atoms with Gasteiger partial charge in [-0.2, -0.15) is 0 Å². The number of rotatable bonds is 3. The molecule has 2 amide bonds. The average Bonchev–Trinajstić information content (AvgIpc) is 2.47. The van der Waals surface area contributed by atoms with Crippen LogP contribution in [-0.2, 0) is 9.59 Å². The molecule has 2 rings (SSSR count). The van der Waals surface area contributed by atoms with Gasteiger partial charge in [0.1, 0.15) is 0 Å². The highest BCUT2D eigenvalue weighted by Gasteiger charge is 2.32. The van der Waals surface area contributed by atoms with E-state index < -0.39 is 0 Å². The van der Waals surface area contributed by atoms with Gasteiger partial charge in [0, 0.05) is 38.0 Å². The fourth-order valence-electron chi connectivity index (χ4n) is 2.62. The molecule has 4 nitrogen and oxygen atoms in total. The number of hydrogen-bond acceptors (Lipinski definition) is 2. The number of benzene rings is 1. The lowest BCUT2D eigenvalue weighted by molar-refractivity contribution is -0.144. The number of halogens is 1. The number of likely N-dealkylation sites (tertiary alicyclic amines) is 1. The Morgan fingerprint density at radius 1 is 1.48 bits per heavy atom. The molecule has 21 heavy (non-hydrogen) atoms. The molecule has 1 heterocycles. The zero-order chi connectivity index (χ0) is 15.6. The maximum absolute atomic E-state index is 12.6. The Balaban J connectivity index is 2.07. The summed E-state index contributed by atoms with van der Waals surface area (Å²) < 4.78 is 0. The SMILES string of the molecule is CC(c1cccc(Cl)c1)N(C)C(=O)C1CCN(C)C(=O)C1. The summed E-state index contributed by atoms with van der Waals surface area (Å²) in [6, 6.07) is 7.46. The third kappa shape index (κ3) is 3.56. The first-order valence-electron chi connectivity index (χ1n) is 7.16. The molecule has 0 aliphatic carbocycles. The van der Waals surface area contributed by atoms with Crippen molar-refractivity contribution in [2.45, 2.75) is 25.8 Å². The lowest BCUT2D eigenvalue weighted by atomic mass is 9.94. The second-order valence-corrected chi connectivity index (χ2v) is 6.12. The summed E-state index contributed by atoms with van der Waals surface area (Å²) in [7, 11) is 3.57. The standard InChI is InChI=1S/C16H21ClN2O2/c1-11(12-5-4-6-14(17)9-12)19(3)16(21)13-7-8-18(2)15(20)10-13/h4-6,9,11,13H,7-8,10H2,1-3H3. The van der Waals surface area contributed by atoms with Crippen LogP contribution < -0.4 is 0 Å². The zero-order valence-electron chi connectivity index (χ0n) is 12.7. The molecule has 0 aromatic heterocycles. The lowest BCUT2D eigenvalue weighted by Gasteiger charge is -2.33. The largest absolute Gasteiger partial charge is 0.346 e. The maximum atomic E-state index is 12.6. The summed E-state index contributed by atoms with van der Waals surface area (Å²) in [5, 5.41) is 0.662. The summed E-state index contributed by atoms with van der Waals surface area (Å²) >= 11 is 6.00. The number of hydrogen-bond donors (Lipinski definition) is 0. The second kappa shape index (κ2) is 6.48. The topological polar surface area (TPSA) is 40.6 Å². The Morgan fingerprint density at radius 3 is 2.81 bits per heavy atom. The Hall–Kier alpha value is -1.55. The van der Waals surface area contributed by atoms with E-state index >= 15 is 0 Å². The predicted octanol–water partition coefficient (Wildman–Crippen LogP) is 2.73. The molecule has 0 spiro atoms. The normalized spacial score (nSPS) is 20.3. The van der Waals surface area contributed by atoms with Crippen molar-refractivity contribution in [3.63, 3.8) is 0 Å². The van der Waals surface area contributed by atoms with Crippen molar-refractivity contribution in [2.24, 2.45) is 5.92 Å². The summed E-state index contributed by atoms with van der Waals surface area (Å²) in [5.74, 6) is -0.132. The molecule has 1 fully saturated rings. The number of piperidine rings is 1. The van der Waals surface area contributed by atoms with Crippen LogP contribution in [-0.4, -0.2) is 42.3 Å². The van der Waals surface area contributed by atoms with Crippen LogP contribution >= 0.6 is 11.6 Å². The van der Waals surface area contributed by atoms with Gasteiger partial charge < -0.3 is 9.80 Å². The molecule has 1 aliphatic heterocycles. The molecule has 0 saturated carbocycles. The number of amides is 2. The lowest BCUT2D eigenvalue weighted by Crippen LogP contribution is -2.43. The number of carbonyl (C=O) groups is 2. The van der Waals surface area contributed by atoms with E-state index in [1.807, 2.05) is 31.2 Å². The van der Waals surface area contributed by atoms with E-state index in [-0.39, 0.29) is 23.8 Å². The minimum atomic E-state index is -0.208. The first-order valence-corrected chi connectivity index (χ1v) is 7.54. The molecule has 2 atom stereocenters. The predicted molar refractivity (Wildman–Crippen MR) is 83.0 cm³/mol. The molecule has 5 heteroatoms. The zero-order valence-corrected chi connectivity index (χ0v) is 13.4. The molecular weight excluding hydrogens is 288 g/mol. The molecular formula is C16H21ClN2O2.